The third kappa shape index (κ3) is 3.87. The van der Waals surface area contributed by atoms with E-state index in [0.29, 0.717) is 28.8 Å². The molecule has 8 heteroatoms. The van der Waals surface area contributed by atoms with Gasteiger partial charge in [0.2, 0.25) is 5.91 Å². The molecule has 148 valence electrons. The van der Waals surface area contributed by atoms with Gasteiger partial charge < -0.3 is 9.84 Å². The van der Waals surface area contributed by atoms with Crippen LogP contribution in [-0.2, 0) is 17.6 Å². The van der Waals surface area contributed by atoms with Gasteiger partial charge in [-0.05, 0) is 55.7 Å². The molecule has 1 N–H and O–H groups in total. The van der Waals surface area contributed by atoms with Crippen LogP contribution in [0.4, 0.5) is 5.69 Å². The molecule has 0 unspecified atom stereocenters. The quantitative estimate of drug-likeness (QED) is 0.541. The molecule has 29 heavy (non-hydrogen) atoms. The predicted octanol–water partition coefficient (Wildman–Crippen LogP) is 3.53. The highest BCUT2D eigenvalue weighted by Crippen LogP contribution is 2.23. The van der Waals surface area contributed by atoms with E-state index < -0.39 is 0 Å². The van der Waals surface area contributed by atoms with Gasteiger partial charge in [-0.3, -0.25) is 9.20 Å². The molecule has 3 heterocycles. The third-order valence-electron chi connectivity index (χ3n) is 4.79. The molecule has 0 saturated heterocycles. The van der Waals surface area contributed by atoms with Gasteiger partial charge in [0.25, 0.3) is 5.89 Å². The lowest BCUT2D eigenvalue weighted by atomic mass is 10.1. The maximum atomic E-state index is 12.5. The van der Waals surface area contributed by atoms with E-state index in [0.717, 1.165) is 24.1 Å². The minimum atomic E-state index is -0.157. The average Bonchev–Trinajstić information content (AvgIpc) is 3.32. The summed E-state index contributed by atoms with van der Waals surface area (Å²) >= 11 is 0. The van der Waals surface area contributed by atoms with Crippen molar-refractivity contribution in [2.24, 2.45) is 0 Å². The smallest absolute Gasteiger partial charge is 0.261 e. The molecule has 0 bridgehead atoms. The van der Waals surface area contributed by atoms with Crippen LogP contribution in [0.2, 0.25) is 0 Å². The summed E-state index contributed by atoms with van der Waals surface area (Å²) in [6.07, 6.45) is 3.61. The van der Waals surface area contributed by atoms with Crippen molar-refractivity contribution in [3.05, 3.63) is 59.3 Å². The number of carbonyl (C=O) groups excluding carboxylic acids is 1. The molecular formula is C21H22N6O2. The van der Waals surface area contributed by atoms with Crippen LogP contribution in [0, 0.1) is 13.8 Å². The van der Waals surface area contributed by atoms with E-state index in [1.807, 2.05) is 50.4 Å². The molecule has 0 spiro atoms. The summed E-state index contributed by atoms with van der Waals surface area (Å²) in [5, 5.41) is 15.4. The number of carbonyl (C=O) groups is 1. The molecule has 1 amide bonds. The fourth-order valence-electron chi connectivity index (χ4n) is 3.11. The van der Waals surface area contributed by atoms with E-state index in [1.165, 1.54) is 5.56 Å². The standard InChI is InChI=1S/C21H22N6O2/c1-4-6-17-23-21(29-26-17)16-7-5-10-27-18(24-25-20(16)27)12-19(28)22-15-9-8-13(2)14(3)11-15/h5,7-11H,4,6,12H2,1-3H3,(H,22,28). The number of hydrogen-bond donors (Lipinski definition) is 1. The molecule has 0 fully saturated rings. The Labute approximate surface area is 168 Å². The van der Waals surface area contributed by atoms with Crippen molar-refractivity contribution in [1.82, 2.24) is 24.7 Å². The van der Waals surface area contributed by atoms with Crippen molar-refractivity contribution in [2.75, 3.05) is 5.32 Å². The Morgan fingerprint density at radius 1 is 1.17 bits per heavy atom. The molecule has 0 aliphatic carbocycles. The maximum Gasteiger partial charge on any atom is 0.261 e. The van der Waals surface area contributed by atoms with Gasteiger partial charge in [-0.1, -0.05) is 18.1 Å². The van der Waals surface area contributed by atoms with E-state index in [4.69, 9.17) is 4.52 Å². The zero-order valence-electron chi connectivity index (χ0n) is 16.6. The largest absolute Gasteiger partial charge is 0.334 e. The minimum absolute atomic E-state index is 0.0997. The second-order valence-electron chi connectivity index (χ2n) is 7.02. The van der Waals surface area contributed by atoms with Gasteiger partial charge >= 0.3 is 0 Å². The van der Waals surface area contributed by atoms with E-state index in [-0.39, 0.29) is 12.3 Å². The normalized spacial score (nSPS) is 11.1. The molecule has 0 atom stereocenters. The van der Waals surface area contributed by atoms with Crippen LogP contribution in [0.15, 0.2) is 41.1 Å². The van der Waals surface area contributed by atoms with E-state index in [1.54, 1.807) is 4.40 Å². The third-order valence-corrected chi connectivity index (χ3v) is 4.79. The number of aromatic nitrogens is 5. The molecule has 1 aromatic carbocycles. The molecule has 0 radical (unpaired) electrons. The number of aryl methyl sites for hydroxylation is 3. The number of benzene rings is 1. The summed E-state index contributed by atoms with van der Waals surface area (Å²) in [5.41, 5.74) is 4.34. The van der Waals surface area contributed by atoms with Gasteiger partial charge in [0, 0.05) is 18.3 Å². The molecule has 0 saturated carbocycles. The van der Waals surface area contributed by atoms with Crippen molar-refractivity contribution in [3.8, 4) is 11.5 Å². The lowest BCUT2D eigenvalue weighted by molar-refractivity contribution is -0.115. The molecule has 4 aromatic rings. The van der Waals surface area contributed by atoms with E-state index >= 15 is 0 Å². The van der Waals surface area contributed by atoms with Gasteiger partial charge in [-0.15, -0.1) is 10.2 Å². The number of nitrogens with zero attached hydrogens (tertiary/aromatic N) is 5. The lowest BCUT2D eigenvalue weighted by Crippen LogP contribution is -2.16. The summed E-state index contributed by atoms with van der Waals surface area (Å²) in [4.78, 5) is 16.9. The number of rotatable bonds is 6. The number of amides is 1. The fourth-order valence-corrected chi connectivity index (χ4v) is 3.11. The van der Waals surface area contributed by atoms with Crippen LogP contribution in [0.5, 0.6) is 0 Å². The molecule has 8 nitrogen and oxygen atoms in total. The van der Waals surface area contributed by atoms with Gasteiger partial charge in [0.15, 0.2) is 11.5 Å². The Morgan fingerprint density at radius 2 is 2.03 bits per heavy atom. The van der Waals surface area contributed by atoms with Crippen LogP contribution < -0.4 is 5.32 Å². The monoisotopic (exact) mass is 390 g/mol. The van der Waals surface area contributed by atoms with Crippen LogP contribution in [0.25, 0.3) is 17.1 Å². The lowest BCUT2D eigenvalue weighted by Gasteiger charge is -2.07. The predicted molar refractivity (Wildman–Crippen MR) is 109 cm³/mol. The molecular weight excluding hydrogens is 368 g/mol. The Morgan fingerprint density at radius 3 is 2.83 bits per heavy atom. The average molecular weight is 390 g/mol. The van der Waals surface area contributed by atoms with Crippen molar-refractivity contribution in [1.29, 1.82) is 0 Å². The van der Waals surface area contributed by atoms with Crippen molar-refractivity contribution in [2.45, 2.75) is 40.0 Å². The Bertz CT molecular complexity index is 1180. The number of pyridine rings is 1. The second kappa shape index (κ2) is 7.83. The first-order valence-corrected chi connectivity index (χ1v) is 9.58. The molecule has 4 rings (SSSR count). The summed E-state index contributed by atoms with van der Waals surface area (Å²) in [5.74, 6) is 1.45. The highest BCUT2D eigenvalue weighted by Gasteiger charge is 2.17. The molecule has 0 aliphatic heterocycles. The van der Waals surface area contributed by atoms with Crippen molar-refractivity contribution >= 4 is 17.2 Å². The Hall–Kier alpha value is -3.55. The zero-order chi connectivity index (χ0) is 20.4. The van der Waals surface area contributed by atoms with Crippen LogP contribution in [0.3, 0.4) is 0 Å². The Kier molecular flexibility index (Phi) is 5.07. The molecule has 0 aliphatic rings. The van der Waals surface area contributed by atoms with Gasteiger partial charge in [0.1, 0.15) is 5.82 Å². The van der Waals surface area contributed by atoms with Gasteiger partial charge in [-0.2, -0.15) is 4.98 Å². The highest BCUT2D eigenvalue weighted by molar-refractivity contribution is 5.92. The topological polar surface area (TPSA) is 98.2 Å². The van der Waals surface area contributed by atoms with E-state index in [2.05, 4.69) is 32.6 Å². The number of fused-ring (bicyclic) bond motifs is 1. The van der Waals surface area contributed by atoms with Crippen LogP contribution >= 0.6 is 0 Å². The number of hydrogen-bond acceptors (Lipinski definition) is 6. The first-order valence-electron chi connectivity index (χ1n) is 9.58. The summed E-state index contributed by atoms with van der Waals surface area (Å²) in [6, 6.07) is 9.54. The summed E-state index contributed by atoms with van der Waals surface area (Å²) in [7, 11) is 0. The van der Waals surface area contributed by atoms with Crippen LogP contribution in [0.1, 0.15) is 36.1 Å². The molecule has 3 aromatic heterocycles. The first kappa shape index (κ1) is 18.8. The number of anilines is 1. The zero-order valence-corrected chi connectivity index (χ0v) is 16.6. The van der Waals surface area contributed by atoms with Gasteiger partial charge in [-0.25, -0.2) is 0 Å². The summed E-state index contributed by atoms with van der Waals surface area (Å²) < 4.78 is 7.16. The fraction of sp³-hybridized carbons (Fsp3) is 0.286. The first-order chi connectivity index (χ1) is 14.0. The van der Waals surface area contributed by atoms with Crippen LogP contribution in [-0.4, -0.2) is 30.6 Å². The van der Waals surface area contributed by atoms with Crippen molar-refractivity contribution in [3.63, 3.8) is 0 Å². The highest BCUT2D eigenvalue weighted by atomic mass is 16.5. The summed E-state index contributed by atoms with van der Waals surface area (Å²) in [6.45, 7) is 6.11. The Balaban J connectivity index is 1.57. The van der Waals surface area contributed by atoms with Crippen molar-refractivity contribution < 1.29 is 9.32 Å². The minimum Gasteiger partial charge on any atom is -0.334 e. The van der Waals surface area contributed by atoms with E-state index in [9.17, 15) is 4.79 Å². The number of nitrogens with one attached hydrogen (secondary N) is 1. The second-order valence-corrected chi connectivity index (χ2v) is 7.02. The SMILES string of the molecule is CCCc1noc(-c2cccn3c(CC(=O)Nc4ccc(C)c(C)c4)nnc23)n1. The van der Waals surface area contributed by atoms with Gasteiger partial charge in [0.05, 0.1) is 12.0 Å². The maximum absolute atomic E-state index is 12.5.